The second-order valence-corrected chi connectivity index (χ2v) is 1.97. The van der Waals surface area contributed by atoms with Crippen molar-refractivity contribution in [2.24, 2.45) is 0 Å². The number of nitriles is 1. The van der Waals surface area contributed by atoms with Crippen LogP contribution in [0.25, 0.3) is 0 Å². The molecule has 0 bridgehead atoms. The van der Waals surface area contributed by atoms with Crippen LogP contribution in [0.4, 0.5) is 0 Å². The molecule has 0 unspecified atom stereocenters. The van der Waals surface area contributed by atoms with Crippen molar-refractivity contribution in [3.05, 3.63) is 34.9 Å². The molecule has 0 aromatic heterocycles. The first-order valence-corrected chi connectivity index (χ1v) is 2.78. The van der Waals surface area contributed by atoms with Gasteiger partial charge in [0.05, 0.1) is 0 Å². The van der Waals surface area contributed by atoms with Gasteiger partial charge < -0.3 is 17.0 Å². The first-order chi connectivity index (χ1) is 4.33. The zero-order valence-corrected chi connectivity index (χ0v) is 9.40. The third kappa shape index (κ3) is 4.65. The Labute approximate surface area is 97.3 Å². The van der Waals surface area contributed by atoms with Crippen molar-refractivity contribution < 1.29 is 17.0 Å². The second kappa shape index (κ2) is 6.93. The van der Waals surface area contributed by atoms with Crippen LogP contribution in [0.5, 0.6) is 0 Å². The Kier molecular flexibility index (Phi) is 8.70. The van der Waals surface area contributed by atoms with E-state index in [0.29, 0.717) is 10.6 Å². The molecule has 0 heterocycles. The monoisotopic (exact) mass is 239 g/mol. The fraction of sp³-hybridized carbons (Fsp3) is 0. The fourth-order valence-electron chi connectivity index (χ4n) is 0.503. The molecule has 0 amide bonds. The number of hydrogen-bond donors (Lipinski definition) is 0. The van der Waals surface area contributed by atoms with Crippen LogP contribution in [0.15, 0.2) is 18.2 Å². The van der Waals surface area contributed by atoms with Gasteiger partial charge in [-0.2, -0.15) is 0 Å². The number of hydrogen-bond acceptors (Lipinski definition) is 1. The molecule has 0 saturated heterocycles. The maximum absolute atomic E-state index is 8.32. The van der Waals surface area contributed by atoms with Crippen LogP contribution in [-0.2, 0) is 0 Å². The maximum Gasteiger partial charge on any atom is 2.00 e. The molecule has 1 aromatic rings. The predicted molar refractivity (Wildman–Crippen MR) is 40.8 cm³/mol. The number of rotatable bonds is 0. The van der Waals surface area contributed by atoms with E-state index in [1.165, 1.54) is 0 Å². The molecule has 0 aliphatic rings. The summed E-state index contributed by atoms with van der Waals surface area (Å²) >= 11 is 5.55. The van der Waals surface area contributed by atoms with E-state index < -0.39 is 0 Å². The van der Waals surface area contributed by atoms with Gasteiger partial charge in [0, 0.05) is 0 Å². The van der Waals surface area contributed by atoms with E-state index in [2.05, 4.69) is 6.07 Å². The van der Waals surface area contributed by atoms with E-state index in [1.54, 1.807) is 18.2 Å². The molecule has 4 heteroatoms. The molecular weight excluding hydrogens is 238 g/mol. The zero-order valence-electron chi connectivity index (χ0n) is 5.64. The maximum atomic E-state index is 8.32. The van der Waals surface area contributed by atoms with E-state index in [0.717, 1.165) is 0 Å². The first-order valence-electron chi connectivity index (χ1n) is 2.40. The topological polar surface area (TPSA) is 23.8 Å². The zero-order chi connectivity index (χ0) is 6.69. The summed E-state index contributed by atoms with van der Waals surface area (Å²) in [7, 11) is 0. The molecule has 1 nitrogen and oxygen atoms in total. The summed E-state index contributed by atoms with van der Waals surface area (Å²) in [4.78, 5) is 0. The molecule has 11 heavy (non-hydrogen) atoms. The Hall–Kier alpha value is 0.246. The van der Waals surface area contributed by atoms with Crippen LogP contribution in [0, 0.1) is 17.4 Å². The summed E-state index contributed by atoms with van der Waals surface area (Å²) in [5, 5.41) is 8.90. The normalized spacial score (nSPS) is 6.91. The summed E-state index contributed by atoms with van der Waals surface area (Å²) in [5.41, 5.74) is 0.475. The Balaban J connectivity index is 0. The van der Waals surface area contributed by atoms with Crippen molar-refractivity contribution in [3.63, 3.8) is 0 Å². The van der Waals surface area contributed by atoms with Gasteiger partial charge in [0.2, 0.25) is 0 Å². The average molecular weight is 241 g/mol. The molecule has 0 saturated carbocycles. The van der Waals surface area contributed by atoms with E-state index in [-0.39, 0.29) is 40.0 Å². The van der Waals surface area contributed by atoms with E-state index >= 15 is 0 Å². The first kappa shape index (κ1) is 13.8. The third-order valence-corrected chi connectivity index (χ3v) is 1.12. The summed E-state index contributed by atoms with van der Waals surface area (Å²) in [5.74, 6) is 0. The van der Waals surface area contributed by atoms with Gasteiger partial charge in [-0.25, -0.2) is 0 Å². The van der Waals surface area contributed by atoms with Crippen LogP contribution in [-0.4, -0.2) is 23.1 Å². The SMILES string of the molecule is N#Cc1[c-]ccc(Cl)c1.[Br-].[Mg+2]. The Morgan fingerprint density at radius 2 is 2.18 bits per heavy atom. The largest absolute Gasteiger partial charge is 2.00 e. The molecule has 1 rings (SSSR count). The van der Waals surface area contributed by atoms with Crippen LogP contribution < -0.4 is 17.0 Å². The summed E-state index contributed by atoms with van der Waals surface area (Å²) < 4.78 is 0. The van der Waals surface area contributed by atoms with Gasteiger partial charge in [0.25, 0.3) is 0 Å². The van der Waals surface area contributed by atoms with Crippen molar-refractivity contribution in [2.45, 2.75) is 0 Å². The van der Waals surface area contributed by atoms with Gasteiger partial charge in [0.15, 0.2) is 0 Å². The standard InChI is InChI=1S/C7H3ClN.BrH.Mg/c8-7-3-1-2-6(4-7)5-9;;/h1,3-4H;1H;/q-1;;+2/p-1. The smallest absolute Gasteiger partial charge is 1.00 e. The molecular formula is C7H3BrClMgN. The minimum Gasteiger partial charge on any atom is -1.00 e. The van der Waals surface area contributed by atoms with Crippen LogP contribution >= 0.6 is 11.6 Å². The molecule has 0 aliphatic heterocycles. The van der Waals surface area contributed by atoms with E-state index in [4.69, 9.17) is 16.9 Å². The minimum atomic E-state index is 0. The Morgan fingerprint density at radius 1 is 1.55 bits per heavy atom. The predicted octanol–water partition coefficient (Wildman–Crippen LogP) is -1.36. The fourth-order valence-corrected chi connectivity index (χ4v) is 0.675. The van der Waals surface area contributed by atoms with E-state index in [9.17, 15) is 0 Å². The average Bonchev–Trinajstić information content (AvgIpc) is 1.88. The van der Waals surface area contributed by atoms with Gasteiger partial charge in [-0.05, 0) is 11.1 Å². The van der Waals surface area contributed by atoms with Crippen molar-refractivity contribution in [3.8, 4) is 6.07 Å². The quantitative estimate of drug-likeness (QED) is 0.406. The van der Waals surface area contributed by atoms with Crippen LogP contribution in [0.2, 0.25) is 5.02 Å². The Morgan fingerprint density at radius 3 is 2.55 bits per heavy atom. The second-order valence-electron chi connectivity index (χ2n) is 1.53. The van der Waals surface area contributed by atoms with Gasteiger partial charge >= 0.3 is 23.1 Å². The van der Waals surface area contributed by atoms with Crippen LogP contribution in [0.3, 0.4) is 0 Å². The number of benzene rings is 1. The van der Waals surface area contributed by atoms with Crippen molar-refractivity contribution >= 4 is 34.7 Å². The van der Waals surface area contributed by atoms with Crippen molar-refractivity contribution in [2.75, 3.05) is 0 Å². The van der Waals surface area contributed by atoms with Crippen molar-refractivity contribution in [1.82, 2.24) is 0 Å². The molecule has 0 aliphatic carbocycles. The van der Waals surface area contributed by atoms with Gasteiger partial charge in [-0.15, -0.1) is 35.9 Å². The third-order valence-electron chi connectivity index (χ3n) is 0.884. The molecule has 0 radical (unpaired) electrons. The van der Waals surface area contributed by atoms with Gasteiger partial charge in [0.1, 0.15) is 0 Å². The molecule has 0 N–H and O–H groups in total. The number of halogens is 2. The van der Waals surface area contributed by atoms with Gasteiger partial charge in [-0.1, -0.05) is 5.56 Å². The van der Waals surface area contributed by atoms with Crippen molar-refractivity contribution in [1.29, 1.82) is 5.26 Å². The molecule has 0 atom stereocenters. The molecule has 52 valence electrons. The summed E-state index contributed by atoms with van der Waals surface area (Å²) in [6.45, 7) is 0. The van der Waals surface area contributed by atoms with E-state index in [1.807, 2.05) is 6.07 Å². The van der Waals surface area contributed by atoms with Crippen LogP contribution in [0.1, 0.15) is 5.56 Å². The number of nitrogens with zero attached hydrogens (tertiary/aromatic N) is 1. The summed E-state index contributed by atoms with van der Waals surface area (Å²) in [6.07, 6.45) is 0. The molecule has 0 fully saturated rings. The molecule has 0 spiro atoms. The Bertz CT molecular complexity index is 259. The van der Waals surface area contributed by atoms with Gasteiger partial charge in [-0.3, -0.25) is 5.26 Å². The summed E-state index contributed by atoms with van der Waals surface area (Å²) in [6, 6.07) is 9.52. The minimum absolute atomic E-state index is 0. The molecule has 1 aromatic carbocycles.